The van der Waals surface area contributed by atoms with E-state index in [4.69, 9.17) is 9.47 Å². The quantitative estimate of drug-likeness (QED) is 0.239. The van der Waals surface area contributed by atoms with Gasteiger partial charge in [0.1, 0.15) is 5.60 Å². The summed E-state index contributed by atoms with van der Waals surface area (Å²) >= 11 is 0. The fourth-order valence-electron chi connectivity index (χ4n) is 2.91. The van der Waals surface area contributed by atoms with Gasteiger partial charge < -0.3 is 9.47 Å². The van der Waals surface area contributed by atoms with Gasteiger partial charge in [-0.25, -0.2) is 4.79 Å². The highest BCUT2D eigenvalue weighted by molar-refractivity contribution is 5.60. The van der Waals surface area contributed by atoms with E-state index in [0.717, 1.165) is 64.2 Å². The molecule has 0 N–H and O–H groups in total. The Bertz CT molecular complexity index is 268. The lowest BCUT2D eigenvalue weighted by Crippen LogP contribution is -2.36. The summed E-state index contributed by atoms with van der Waals surface area (Å²) in [4.78, 5) is 12.1. The van der Waals surface area contributed by atoms with Crippen molar-refractivity contribution in [1.82, 2.24) is 0 Å². The number of carbonyl (C=O) groups is 1. The zero-order chi connectivity index (χ0) is 17.4. The molecule has 0 saturated heterocycles. The van der Waals surface area contributed by atoms with Gasteiger partial charge in [0, 0.05) is 0 Å². The number of unbranched alkanes of at least 4 members (excludes halogenated alkanes) is 6. The van der Waals surface area contributed by atoms with E-state index < -0.39 is 6.16 Å². The Labute approximate surface area is 144 Å². The standard InChI is InChI=1S/C20H40O3/c1-5-9-13-14-17-20(15-10-6-2,16-11-7-3)23-19(21)22-18-12-8-4/h5-18H2,1-4H3. The van der Waals surface area contributed by atoms with Crippen LogP contribution in [0.4, 0.5) is 4.79 Å². The lowest BCUT2D eigenvalue weighted by molar-refractivity contribution is -0.0532. The molecule has 0 amide bonds. The van der Waals surface area contributed by atoms with Crippen molar-refractivity contribution in [3.05, 3.63) is 0 Å². The maximum atomic E-state index is 12.1. The first kappa shape index (κ1) is 22.3. The van der Waals surface area contributed by atoms with Crippen LogP contribution in [-0.4, -0.2) is 18.4 Å². The normalized spacial score (nSPS) is 11.5. The second kappa shape index (κ2) is 14.8. The van der Waals surface area contributed by atoms with E-state index >= 15 is 0 Å². The minimum atomic E-state index is -0.457. The summed E-state index contributed by atoms with van der Waals surface area (Å²) in [5.41, 5.74) is -0.303. The van der Waals surface area contributed by atoms with E-state index in [1.54, 1.807) is 0 Å². The summed E-state index contributed by atoms with van der Waals surface area (Å²) in [6, 6.07) is 0. The van der Waals surface area contributed by atoms with Crippen LogP contribution >= 0.6 is 0 Å². The van der Waals surface area contributed by atoms with Crippen LogP contribution in [0.5, 0.6) is 0 Å². The maximum absolute atomic E-state index is 12.1. The molecule has 0 aromatic carbocycles. The lowest BCUT2D eigenvalue weighted by atomic mass is 9.85. The van der Waals surface area contributed by atoms with Gasteiger partial charge in [-0.05, 0) is 44.9 Å². The highest BCUT2D eigenvalue weighted by Gasteiger charge is 2.33. The first-order chi connectivity index (χ1) is 11.1. The predicted octanol–water partition coefficient (Wildman–Crippen LogP) is 7.03. The molecule has 0 unspecified atom stereocenters. The molecule has 0 saturated carbocycles. The van der Waals surface area contributed by atoms with Crippen molar-refractivity contribution in [2.45, 2.75) is 117 Å². The van der Waals surface area contributed by atoms with E-state index in [1.807, 2.05) is 0 Å². The molecule has 0 bridgehead atoms. The average molecular weight is 329 g/mol. The highest BCUT2D eigenvalue weighted by atomic mass is 16.7. The minimum absolute atomic E-state index is 0.303. The summed E-state index contributed by atoms with van der Waals surface area (Å²) in [5, 5.41) is 0. The number of ether oxygens (including phenoxy) is 2. The second-order valence-corrected chi connectivity index (χ2v) is 6.75. The molecule has 0 spiro atoms. The van der Waals surface area contributed by atoms with Crippen LogP contribution in [0.25, 0.3) is 0 Å². The third-order valence-corrected chi connectivity index (χ3v) is 4.48. The Morgan fingerprint density at radius 2 is 1.22 bits per heavy atom. The van der Waals surface area contributed by atoms with Gasteiger partial charge in [-0.15, -0.1) is 0 Å². The molecular weight excluding hydrogens is 288 g/mol. The molecule has 0 heterocycles. The van der Waals surface area contributed by atoms with Gasteiger partial charge in [0.2, 0.25) is 0 Å². The van der Waals surface area contributed by atoms with Gasteiger partial charge >= 0.3 is 6.16 Å². The Morgan fingerprint density at radius 1 is 0.696 bits per heavy atom. The molecule has 138 valence electrons. The Hall–Kier alpha value is -0.730. The number of hydrogen-bond donors (Lipinski definition) is 0. The average Bonchev–Trinajstić information content (AvgIpc) is 2.55. The first-order valence-corrected chi connectivity index (χ1v) is 9.99. The number of hydrogen-bond acceptors (Lipinski definition) is 3. The molecule has 0 rings (SSSR count). The van der Waals surface area contributed by atoms with Gasteiger partial charge in [0.15, 0.2) is 0 Å². The summed E-state index contributed by atoms with van der Waals surface area (Å²) in [5.74, 6) is 0. The zero-order valence-electron chi connectivity index (χ0n) is 16.1. The third-order valence-electron chi connectivity index (χ3n) is 4.48. The molecule has 23 heavy (non-hydrogen) atoms. The SMILES string of the molecule is CCCCCCC(CCCC)(CCCC)OC(=O)OCCCC. The molecular formula is C20H40O3. The van der Waals surface area contributed by atoms with Gasteiger partial charge in [0.25, 0.3) is 0 Å². The van der Waals surface area contributed by atoms with Crippen molar-refractivity contribution >= 4 is 6.16 Å². The van der Waals surface area contributed by atoms with E-state index in [9.17, 15) is 4.79 Å². The molecule has 3 nitrogen and oxygen atoms in total. The lowest BCUT2D eigenvalue weighted by Gasteiger charge is -2.33. The van der Waals surface area contributed by atoms with Gasteiger partial charge in [-0.1, -0.05) is 66.2 Å². The van der Waals surface area contributed by atoms with Crippen molar-refractivity contribution in [3.8, 4) is 0 Å². The molecule has 3 heteroatoms. The smallest absolute Gasteiger partial charge is 0.434 e. The van der Waals surface area contributed by atoms with E-state index in [0.29, 0.717) is 6.61 Å². The van der Waals surface area contributed by atoms with Crippen molar-refractivity contribution in [1.29, 1.82) is 0 Å². The Morgan fingerprint density at radius 3 is 1.74 bits per heavy atom. The van der Waals surface area contributed by atoms with Crippen LogP contribution in [0.15, 0.2) is 0 Å². The summed E-state index contributed by atoms with van der Waals surface area (Å²) in [6.07, 6.45) is 13.8. The molecule has 0 aliphatic carbocycles. The zero-order valence-corrected chi connectivity index (χ0v) is 16.1. The van der Waals surface area contributed by atoms with Gasteiger partial charge in [0.05, 0.1) is 6.61 Å². The second-order valence-electron chi connectivity index (χ2n) is 6.75. The number of rotatable bonds is 15. The summed E-state index contributed by atoms with van der Waals surface area (Å²) in [6.45, 7) is 9.18. The van der Waals surface area contributed by atoms with E-state index in [2.05, 4.69) is 27.7 Å². The fraction of sp³-hybridized carbons (Fsp3) is 0.950. The predicted molar refractivity (Wildman–Crippen MR) is 97.9 cm³/mol. The molecule has 0 aliphatic rings. The van der Waals surface area contributed by atoms with Gasteiger partial charge in [-0.2, -0.15) is 0 Å². The van der Waals surface area contributed by atoms with Crippen LogP contribution in [0.2, 0.25) is 0 Å². The molecule has 0 radical (unpaired) electrons. The minimum Gasteiger partial charge on any atom is -0.434 e. The van der Waals surface area contributed by atoms with E-state index in [-0.39, 0.29) is 5.60 Å². The molecule has 0 aromatic heterocycles. The summed E-state index contributed by atoms with van der Waals surface area (Å²) in [7, 11) is 0. The van der Waals surface area contributed by atoms with Crippen molar-refractivity contribution < 1.29 is 14.3 Å². The fourth-order valence-corrected chi connectivity index (χ4v) is 2.91. The van der Waals surface area contributed by atoms with Crippen molar-refractivity contribution in [2.24, 2.45) is 0 Å². The number of carbonyl (C=O) groups excluding carboxylic acids is 1. The highest BCUT2D eigenvalue weighted by Crippen LogP contribution is 2.32. The van der Waals surface area contributed by atoms with Crippen LogP contribution < -0.4 is 0 Å². The van der Waals surface area contributed by atoms with Crippen LogP contribution in [0, 0.1) is 0 Å². The largest absolute Gasteiger partial charge is 0.508 e. The van der Waals surface area contributed by atoms with Gasteiger partial charge in [-0.3, -0.25) is 0 Å². The molecule has 0 atom stereocenters. The molecule has 0 fully saturated rings. The first-order valence-electron chi connectivity index (χ1n) is 9.99. The van der Waals surface area contributed by atoms with Crippen molar-refractivity contribution in [2.75, 3.05) is 6.61 Å². The van der Waals surface area contributed by atoms with Crippen LogP contribution in [-0.2, 0) is 9.47 Å². The molecule has 0 aliphatic heterocycles. The monoisotopic (exact) mass is 328 g/mol. The Kier molecular flexibility index (Phi) is 14.4. The summed E-state index contributed by atoms with van der Waals surface area (Å²) < 4.78 is 11.2. The van der Waals surface area contributed by atoms with Crippen LogP contribution in [0.3, 0.4) is 0 Å². The topological polar surface area (TPSA) is 35.5 Å². The van der Waals surface area contributed by atoms with Crippen molar-refractivity contribution in [3.63, 3.8) is 0 Å². The third kappa shape index (κ3) is 11.4. The molecule has 0 aromatic rings. The van der Waals surface area contributed by atoms with Crippen LogP contribution in [0.1, 0.15) is 111 Å². The van der Waals surface area contributed by atoms with E-state index in [1.165, 1.54) is 19.3 Å². The Balaban J connectivity index is 4.69. The maximum Gasteiger partial charge on any atom is 0.508 e.